The van der Waals surface area contributed by atoms with Gasteiger partial charge in [0.2, 0.25) is 0 Å². The van der Waals surface area contributed by atoms with E-state index in [4.69, 9.17) is 18.0 Å². The minimum Gasteiger partial charge on any atom is -0.370 e. The molecule has 0 radical (unpaired) electrons. The number of terminal acetylenes is 1. The number of unbranched alkanes of at least 4 members (excludes halogenated alkanes) is 1. The van der Waals surface area contributed by atoms with Gasteiger partial charge in [-0.3, -0.25) is 0 Å². The molecule has 4 heteroatoms. The van der Waals surface area contributed by atoms with Crippen LogP contribution in [0, 0.1) is 12.3 Å². The number of aromatic nitrogens is 2. The standard InChI is InChI=1S/C12H16ClN3/c1-4-5-6-7-14-12-10(9(2)3)11(13)15-8-16-12/h1,8-9H,5-7H2,2-3H3,(H,14,15,16). The fraction of sp³-hybridized carbons (Fsp3) is 0.500. The Hall–Kier alpha value is -1.27. The Kier molecular flexibility index (Phi) is 5.07. The van der Waals surface area contributed by atoms with Crippen LogP contribution in [0.4, 0.5) is 5.82 Å². The topological polar surface area (TPSA) is 37.8 Å². The second-order valence-corrected chi connectivity index (χ2v) is 4.17. The summed E-state index contributed by atoms with van der Waals surface area (Å²) in [6.45, 7) is 4.94. The van der Waals surface area contributed by atoms with E-state index in [9.17, 15) is 0 Å². The van der Waals surface area contributed by atoms with Crippen LogP contribution in [0.25, 0.3) is 0 Å². The van der Waals surface area contributed by atoms with Crippen molar-refractivity contribution in [3.05, 3.63) is 17.0 Å². The van der Waals surface area contributed by atoms with E-state index in [0.717, 1.165) is 30.8 Å². The highest BCUT2D eigenvalue weighted by atomic mass is 35.5. The third kappa shape index (κ3) is 3.39. The van der Waals surface area contributed by atoms with Gasteiger partial charge in [-0.2, -0.15) is 0 Å². The Morgan fingerprint density at radius 1 is 1.50 bits per heavy atom. The van der Waals surface area contributed by atoms with Gasteiger partial charge in [0, 0.05) is 18.5 Å². The zero-order valence-electron chi connectivity index (χ0n) is 9.63. The predicted molar refractivity (Wildman–Crippen MR) is 67.7 cm³/mol. The van der Waals surface area contributed by atoms with E-state index in [1.54, 1.807) is 0 Å². The molecular weight excluding hydrogens is 222 g/mol. The van der Waals surface area contributed by atoms with Crippen LogP contribution >= 0.6 is 11.6 Å². The lowest BCUT2D eigenvalue weighted by Crippen LogP contribution is -2.08. The molecule has 1 N–H and O–H groups in total. The summed E-state index contributed by atoms with van der Waals surface area (Å²) in [5.74, 6) is 3.71. The van der Waals surface area contributed by atoms with E-state index in [2.05, 4.69) is 35.1 Å². The van der Waals surface area contributed by atoms with Gasteiger partial charge in [0.05, 0.1) is 0 Å². The highest BCUT2D eigenvalue weighted by molar-refractivity contribution is 6.30. The van der Waals surface area contributed by atoms with Crippen molar-refractivity contribution < 1.29 is 0 Å². The Balaban J connectivity index is 2.72. The number of halogens is 1. The number of anilines is 1. The molecule has 0 aliphatic carbocycles. The minimum absolute atomic E-state index is 0.295. The van der Waals surface area contributed by atoms with Crippen LogP contribution in [0.5, 0.6) is 0 Å². The molecule has 1 heterocycles. The van der Waals surface area contributed by atoms with Crippen LogP contribution < -0.4 is 5.32 Å². The maximum atomic E-state index is 6.04. The average Bonchev–Trinajstić information content (AvgIpc) is 2.24. The summed E-state index contributed by atoms with van der Waals surface area (Å²) in [5, 5.41) is 3.76. The first kappa shape index (κ1) is 12.8. The van der Waals surface area contributed by atoms with Crippen molar-refractivity contribution in [2.24, 2.45) is 0 Å². The van der Waals surface area contributed by atoms with Gasteiger partial charge in [-0.25, -0.2) is 9.97 Å². The zero-order valence-corrected chi connectivity index (χ0v) is 10.4. The summed E-state index contributed by atoms with van der Waals surface area (Å²) in [6.07, 6.45) is 8.35. The molecule has 86 valence electrons. The van der Waals surface area contributed by atoms with Gasteiger partial charge in [-0.15, -0.1) is 12.3 Å². The third-order valence-corrected chi connectivity index (χ3v) is 2.50. The molecule has 0 aliphatic rings. The smallest absolute Gasteiger partial charge is 0.138 e. The molecule has 1 aromatic rings. The third-order valence-electron chi connectivity index (χ3n) is 2.20. The zero-order chi connectivity index (χ0) is 12.0. The number of rotatable bonds is 5. The molecule has 1 rings (SSSR count). The lowest BCUT2D eigenvalue weighted by molar-refractivity contribution is 0.835. The minimum atomic E-state index is 0.295. The number of nitrogens with one attached hydrogen (secondary N) is 1. The SMILES string of the molecule is C#CCCCNc1ncnc(Cl)c1C(C)C. The van der Waals surface area contributed by atoms with Gasteiger partial charge >= 0.3 is 0 Å². The van der Waals surface area contributed by atoms with Crippen LogP contribution in [-0.2, 0) is 0 Å². The van der Waals surface area contributed by atoms with Crippen molar-refractivity contribution in [1.82, 2.24) is 9.97 Å². The van der Waals surface area contributed by atoms with Gasteiger partial charge < -0.3 is 5.32 Å². The molecule has 0 atom stereocenters. The molecule has 0 bridgehead atoms. The lowest BCUT2D eigenvalue weighted by Gasteiger charge is -2.13. The highest BCUT2D eigenvalue weighted by Gasteiger charge is 2.12. The first-order chi connectivity index (χ1) is 7.66. The van der Waals surface area contributed by atoms with Crippen molar-refractivity contribution in [1.29, 1.82) is 0 Å². The normalized spacial score (nSPS) is 10.2. The van der Waals surface area contributed by atoms with Gasteiger partial charge in [-0.1, -0.05) is 25.4 Å². The van der Waals surface area contributed by atoms with Crippen molar-refractivity contribution >= 4 is 17.4 Å². The fourth-order valence-corrected chi connectivity index (χ4v) is 1.78. The summed E-state index contributed by atoms with van der Waals surface area (Å²) < 4.78 is 0. The lowest BCUT2D eigenvalue weighted by atomic mass is 10.1. The average molecular weight is 238 g/mol. The van der Waals surface area contributed by atoms with E-state index in [-0.39, 0.29) is 0 Å². The first-order valence-electron chi connectivity index (χ1n) is 5.34. The summed E-state index contributed by atoms with van der Waals surface area (Å²) >= 11 is 6.04. The van der Waals surface area contributed by atoms with Crippen LogP contribution in [0.3, 0.4) is 0 Å². The maximum absolute atomic E-state index is 6.04. The first-order valence-corrected chi connectivity index (χ1v) is 5.72. The van der Waals surface area contributed by atoms with Crippen molar-refractivity contribution in [2.45, 2.75) is 32.6 Å². The van der Waals surface area contributed by atoms with E-state index >= 15 is 0 Å². The number of nitrogens with zero attached hydrogens (tertiary/aromatic N) is 2. The van der Waals surface area contributed by atoms with E-state index in [0.29, 0.717) is 11.1 Å². The van der Waals surface area contributed by atoms with Gasteiger partial charge in [0.25, 0.3) is 0 Å². The van der Waals surface area contributed by atoms with Gasteiger partial charge in [0.1, 0.15) is 17.3 Å². The molecule has 3 nitrogen and oxygen atoms in total. The van der Waals surface area contributed by atoms with Crippen LogP contribution in [-0.4, -0.2) is 16.5 Å². The Labute approximate surface area is 102 Å². The molecule has 1 aromatic heterocycles. The predicted octanol–water partition coefficient (Wildman–Crippen LogP) is 3.08. The Morgan fingerprint density at radius 3 is 2.88 bits per heavy atom. The molecule has 0 amide bonds. The fourth-order valence-electron chi connectivity index (χ4n) is 1.42. The molecule has 0 spiro atoms. The Bertz CT molecular complexity index is 382. The molecular formula is C12H16ClN3. The monoisotopic (exact) mass is 237 g/mol. The van der Waals surface area contributed by atoms with Crippen molar-refractivity contribution in [2.75, 3.05) is 11.9 Å². The molecule has 0 fully saturated rings. The summed E-state index contributed by atoms with van der Waals surface area (Å²) in [5.41, 5.74) is 0.963. The summed E-state index contributed by atoms with van der Waals surface area (Å²) in [7, 11) is 0. The van der Waals surface area contributed by atoms with Crippen LogP contribution in [0.1, 0.15) is 38.2 Å². The highest BCUT2D eigenvalue weighted by Crippen LogP contribution is 2.27. The van der Waals surface area contributed by atoms with Gasteiger partial charge in [0.15, 0.2) is 0 Å². The summed E-state index contributed by atoms with van der Waals surface area (Å²) in [4.78, 5) is 8.19. The molecule has 0 unspecified atom stereocenters. The Morgan fingerprint density at radius 2 is 2.25 bits per heavy atom. The maximum Gasteiger partial charge on any atom is 0.138 e. The van der Waals surface area contributed by atoms with Gasteiger partial charge in [-0.05, 0) is 12.3 Å². The van der Waals surface area contributed by atoms with Crippen molar-refractivity contribution in [3.63, 3.8) is 0 Å². The molecule has 0 saturated carbocycles. The second kappa shape index (κ2) is 6.34. The number of hydrogen-bond donors (Lipinski definition) is 1. The largest absolute Gasteiger partial charge is 0.370 e. The van der Waals surface area contributed by atoms with Crippen LogP contribution in [0.15, 0.2) is 6.33 Å². The molecule has 0 saturated heterocycles. The van der Waals surface area contributed by atoms with E-state index < -0.39 is 0 Å². The summed E-state index contributed by atoms with van der Waals surface area (Å²) in [6, 6.07) is 0. The molecule has 0 aliphatic heterocycles. The van der Waals surface area contributed by atoms with Crippen molar-refractivity contribution in [3.8, 4) is 12.3 Å². The second-order valence-electron chi connectivity index (χ2n) is 3.82. The number of hydrogen-bond acceptors (Lipinski definition) is 3. The molecule has 0 aromatic carbocycles. The van der Waals surface area contributed by atoms with Crippen LogP contribution in [0.2, 0.25) is 5.15 Å². The molecule has 16 heavy (non-hydrogen) atoms. The van der Waals surface area contributed by atoms with E-state index in [1.165, 1.54) is 6.33 Å². The van der Waals surface area contributed by atoms with E-state index in [1.807, 2.05) is 0 Å². The quantitative estimate of drug-likeness (QED) is 0.486.